The van der Waals surface area contributed by atoms with Crippen LogP contribution in [0.2, 0.25) is 0 Å². The lowest BCUT2D eigenvalue weighted by Crippen LogP contribution is -2.21. The Bertz CT molecular complexity index is 406. The van der Waals surface area contributed by atoms with Gasteiger partial charge in [0.15, 0.2) is 0 Å². The topological polar surface area (TPSA) is 52.9 Å². The molecule has 0 aromatic heterocycles. The molecule has 1 aliphatic rings. The quantitative estimate of drug-likeness (QED) is 0.707. The zero-order valence-corrected chi connectivity index (χ0v) is 9.16. The second-order valence-electron chi connectivity index (χ2n) is 4.11. The summed E-state index contributed by atoms with van der Waals surface area (Å²) in [7, 11) is 0. The van der Waals surface area contributed by atoms with Crippen LogP contribution in [0.25, 0.3) is 0 Å². The molecule has 0 atom stereocenters. The zero-order chi connectivity index (χ0) is 11.5. The average molecular weight is 202 g/mol. The summed E-state index contributed by atoms with van der Waals surface area (Å²) in [5, 5.41) is 11.6. The Morgan fingerprint density at radius 1 is 1.53 bits per heavy atom. The standard InChI is InChI=1S/C12H14N2O/c1-9(15)14-11-7-12(2,3)6-4-5-10(11)8-13/h4-7H,1-3H3,(H,14,15). The summed E-state index contributed by atoms with van der Waals surface area (Å²) in [6.45, 7) is 5.46. The molecule has 1 N–H and O–H groups in total. The minimum atomic E-state index is -0.167. The second kappa shape index (κ2) is 4.14. The van der Waals surface area contributed by atoms with Crippen LogP contribution in [-0.4, -0.2) is 5.91 Å². The molecule has 0 aromatic carbocycles. The SMILES string of the molecule is CC(=O)NC1=CC(C)(C)C=CC=C1C#N. The molecule has 0 aliphatic heterocycles. The Balaban J connectivity index is 3.11. The van der Waals surface area contributed by atoms with Crippen molar-refractivity contribution in [1.29, 1.82) is 5.26 Å². The zero-order valence-electron chi connectivity index (χ0n) is 9.16. The van der Waals surface area contributed by atoms with Crippen molar-refractivity contribution >= 4 is 5.91 Å². The summed E-state index contributed by atoms with van der Waals surface area (Å²) in [4.78, 5) is 11.0. The van der Waals surface area contributed by atoms with Crippen LogP contribution in [0, 0.1) is 16.7 Å². The summed E-state index contributed by atoms with van der Waals surface area (Å²) in [6, 6.07) is 2.06. The maximum absolute atomic E-state index is 11.0. The lowest BCUT2D eigenvalue weighted by atomic mass is 9.92. The van der Waals surface area contributed by atoms with E-state index in [9.17, 15) is 4.79 Å². The smallest absolute Gasteiger partial charge is 0.221 e. The lowest BCUT2D eigenvalue weighted by Gasteiger charge is -2.16. The van der Waals surface area contributed by atoms with Crippen LogP contribution in [0.3, 0.4) is 0 Å². The molecular formula is C12H14N2O. The van der Waals surface area contributed by atoms with Crippen molar-refractivity contribution in [2.45, 2.75) is 20.8 Å². The third-order valence-electron chi connectivity index (χ3n) is 2.03. The van der Waals surface area contributed by atoms with Gasteiger partial charge >= 0.3 is 0 Å². The minimum Gasteiger partial charge on any atom is -0.325 e. The Morgan fingerprint density at radius 2 is 2.20 bits per heavy atom. The van der Waals surface area contributed by atoms with Gasteiger partial charge in [0.05, 0.1) is 11.3 Å². The molecule has 15 heavy (non-hydrogen) atoms. The van der Waals surface area contributed by atoms with Crippen molar-refractivity contribution in [3.63, 3.8) is 0 Å². The summed E-state index contributed by atoms with van der Waals surface area (Å²) in [5.41, 5.74) is 0.902. The van der Waals surface area contributed by atoms with Crippen LogP contribution >= 0.6 is 0 Å². The molecule has 0 saturated heterocycles. The molecule has 1 rings (SSSR count). The fourth-order valence-electron chi connectivity index (χ4n) is 1.37. The van der Waals surface area contributed by atoms with Crippen molar-refractivity contribution in [3.05, 3.63) is 35.6 Å². The van der Waals surface area contributed by atoms with Gasteiger partial charge in [-0.2, -0.15) is 5.26 Å². The highest BCUT2D eigenvalue weighted by Crippen LogP contribution is 2.25. The molecule has 1 aliphatic carbocycles. The summed E-state index contributed by atoms with van der Waals surface area (Å²) < 4.78 is 0. The molecular weight excluding hydrogens is 188 g/mol. The van der Waals surface area contributed by atoms with E-state index in [2.05, 4.69) is 11.4 Å². The minimum absolute atomic E-state index is 0.160. The summed E-state index contributed by atoms with van der Waals surface area (Å²) >= 11 is 0. The number of rotatable bonds is 1. The molecule has 0 unspecified atom stereocenters. The first-order chi connectivity index (χ1) is 6.94. The van der Waals surface area contributed by atoms with Crippen LogP contribution in [0.5, 0.6) is 0 Å². The third kappa shape index (κ3) is 3.10. The highest BCUT2D eigenvalue weighted by molar-refractivity contribution is 5.76. The first kappa shape index (κ1) is 11.3. The van der Waals surface area contributed by atoms with Crippen molar-refractivity contribution < 1.29 is 4.79 Å². The predicted octanol–water partition coefficient (Wildman–Crippen LogP) is 2.05. The molecule has 3 heteroatoms. The van der Waals surface area contributed by atoms with Gasteiger partial charge in [-0.15, -0.1) is 0 Å². The normalized spacial score (nSPS) is 18.3. The highest BCUT2D eigenvalue weighted by atomic mass is 16.1. The molecule has 0 aromatic rings. The fourth-order valence-corrected chi connectivity index (χ4v) is 1.37. The Labute approximate surface area is 89.8 Å². The first-order valence-electron chi connectivity index (χ1n) is 4.75. The third-order valence-corrected chi connectivity index (χ3v) is 2.03. The van der Waals surface area contributed by atoms with Crippen LogP contribution in [0.1, 0.15) is 20.8 Å². The molecule has 0 spiro atoms. The summed E-state index contributed by atoms with van der Waals surface area (Å²) in [5.74, 6) is -0.167. The average Bonchev–Trinajstić information content (AvgIpc) is 2.22. The molecule has 0 fully saturated rings. The molecule has 0 radical (unpaired) electrons. The molecule has 0 saturated carbocycles. The van der Waals surface area contributed by atoms with E-state index < -0.39 is 0 Å². The maximum Gasteiger partial charge on any atom is 0.221 e. The first-order valence-corrected chi connectivity index (χ1v) is 4.75. The molecule has 0 heterocycles. The van der Waals surface area contributed by atoms with Crippen LogP contribution in [0.4, 0.5) is 0 Å². The Hall–Kier alpha value is -1.82. The van der Waals surface area contributed by atoms with E-state index >= 15 is 0 Å². The predicted molar refractivity (Wildman–Crippen MR) is 58.5 cm³/mol. The Morgan fingerprint density at radius 3 is 2.73 bits per heavy atom. The number of hydrogen-bond acceptors (Lipinski definition) is 2. The van der Waals surface area contributed by atoms with E-state index in [0.29, 0.717) is 11.3 Å². The van der Waals surface area contributed by atoms with Crippen molar-refractivity contribution in [1.82, 2.24) is 5.32 Å². The van der Waals surface area contributed by atoms with E-state index in [1.54, 1.807) is 6.08 Å². The number of carbonyl (C=O) groups excluding carboxylic acids is 1. The summed E-state index contributed by atoms with van der Waals surface area (Å²) in [6.07, 6.45) is 7.41. The number of nitrogens with one attached hydrogen (secondary N) is 1. The highest BCUT2D eigenvalue weighted by Gasteiger charge is 2.17. The van der Waals surface area contributed by atoms with Gasteiger partial charge in [0.25, 0.3) is 0 Å². The van der Waals surface area contributed by atoms with Gasteiger partial charge < -0.3 is 5.32 Å². The van der Waals surface area contributed by atoms with Gasteiger partial charge in [-0.3, -0.25) is 4.79 Å². The molecule has 3 nitrogen and oxygen atoms in total. The van der Waals surface area contributed by atoms with E-state index in [4.69, 9.17) is 5.26 Å². The van der Waals surface area contributed by atoms with Crippen LogP contribution in [0.15, 0.2) is 35.6 Å². The van der Waals surface area contributed by atoms with Gasteiger partial charge in [0.1, 0.15) is 6.07 Å². The Kier molecular flexibility index (Phi) is 3.11. The van der Waals surface area contributed by atoms with Crippen molar-refractivity contribution in [2.24, 2.45) is 5.41 Å². The van der Waals surface area contributed by atoms with Crippen molar-refractivity contribution in [2.75, 3.05) is 0 Å². The van der Waals surface area contributed by atoms with Crippen LogP contribution < -0.4 is 5.32 Å². The van der Waals surface area contributed by atoms with Gasteiger partial charge in [-0.05, 0) is 6.08 Å². The number of hydrogen-bond donors (Lipinski definition) is 1. The van der Waals surface area contributed by atoms with E-state index in [-0.39, 0.29) is 11.3 Å². The maximum atomic E-state index is 11.0. The van der Waals surface area contributed by atoms with Gasteiger partial charge in [0, 0.05) is 12.3 Å². The number of nitrogens with zero attached hydrogens (tertiary/aromatic N) is 1. The molecule has 1 amide bonds. The van der Waals surface area contributed by atoms with E-state index in [0.717, 1.165) is 0 Å². The number of amides is 1. The largest absolute Gasteiger partial charge is 0.325 e. The number of allylic oxidation sites excluding steroid dienone is 5. The van der Waals surface area contributed by atoms with Crippen molar-refractivity contribution in [3.8, 4) is 6.07 Å². The lowest BCUT2D eigenvalue weighted by molar-refractivity contribution is -0.118. The number of carbonyl (C=O) groups is 1. The second-order valence-corrected chi connectivity index (χ2v) is 4.11. The molecule has 78 valence electrons. The van der Waals surface area contributed by atoms with Gasteiger partial charge in [0.2, 0.25) is 5.91 Å². The van der Waals surface area contributed by atoms with Gasteiger partial charge in [-0.25, -0.2) is 0 Å². The fraction of sp³-hybridized carbons (Fsp3) is 0.333. The van der Waals surface area contributed by atoms with Crippen LogP contribution in [-0.2, 0) is 4.79 Å². The van der Waals surface area contributed by atoms with Gasteiger partial charge in [-0.1, -0.05) is 32.1 Å². The van der Waals surface area contributed by atoms with E-state index in [1.165, 1.54) is 6.92 Å². The molecule has 0 bridgehead atoms. The van der Waals surface area contributed by atoms with E-state index in [1.807, 2.05) is 32.1 Å². The monoisotopic (exact) mass is 202 g/mol. The number of nitriles is 1.